The zero-order valence-corrected chi connectivity index (χ0v) is 15.7. The second-order valence-corrected chi connectivity index (χ2v) is 8.51. The van der Waals surface area contributed by atoms with E-state index < -0.39 is 0 Å². The summed E-state index contributed by atoms with van der Waals surface area (Å²) in [5.74, 6) is 1.55. The molecule has 0 fully saturated rings. The Balaban J connectivity index is 1.99. The molecule has 1 aromatic carbocycles. The van der Waals surface area contributed by atoms with Gasteiger partial charge in [0.2, 0.25) is 0 Å². The van der Waals surface area contributed by atoms with Crippen molar-refractivity contribution in [1.82, 2.24) is 0 Å². The van der Waals surface area contributed by atoms with Crippen molar-refractivity contribution in [2.24, 2.45) is 0 Å². The summed E-state index contributed by atoms with van der Waals surface area (Å²) in [6.07, 6.45) is 0.897. The summed E-state index contributed by atoms with van der Waals surface area (Å²) in [5, 5.41) is 1.90. The molecule has 0 amide bonds. The van der Waals surface area contributed by atoms with Crippen molar-refractivity contribution >= 4 is 61.5 Å². The summed E-state index contributed by atoms with van der Waals surface area (Å²) in [5.41, 5.74) is 2.11. The third-order valence-corrected chi connectivity index (χ3v) is 6.00. The van der Waals surface area contributed by atoms with Crippen LogP contribution >= 0.6 is 61.5 Å². The third-order valence-electron chi connectivity index (χ3n) is 3.02. The van der Waals surface area contributed by atoms with Crippen molar-refractivity contribution in [2.45, 2.75) is 11.8 Å². The summed E-state index contributed by atoms with van der Waals surface area (Å²) in [6.45, 7) is 1.36. The largest absolute Gasteiger partial charge is 0.490 e. The molecule has 2 nitrogen and oxygen atoms in total. The molecule has 1 aliphatic rings. The van der Waals surface area contributed by atoms with Gasteiger partial charge < -0.3 is 9.47 Å². The number of rotatable bonds is 2. The van der Waals surface area contributed by atoms with E-state index in [9.17, 15) is 0 Å². The van der Waals surface area contributed by atoms with E-state index in [1.54, 1.807) is 11.3 Å². The normalized spacial score (nSPS) is 15.8. The average Bonchev–Trinajstić information content (AvgIpc) is 2.73. The molecule has 0 aliphatic carbocycles. The lowest BCUT2D eigenvalue weighted by atomic mass is 10.1. The second kappa shape index (κ2) is 6.42. The van der Waals surface area contributed by atoms with Crippen LogP contribution < -0.4 is 9.47 Å². The fourth-order valence-corrected chi connectivity index (χ4v) is 4.49. The first-order chi connectivity index (χ1) is 9.65. The number of thiophene rings is 1. The van der Waals surface area contributed by atoms with Crippen LogP contribution in [0.25, 0.3) is 0 Å². The molecule has 1 aliphatic heterocycles. The minimum Gasteiger partial charge on any atom is -0.490 e. The molecule has 1 atom stereocenters. The predicted octanol–water partition coefficient (Wildman–Crippen LogP) is 5.60. The first-order valence-corrected chi connectivity index (χ1v) is 9.31. The van der Waals surface area contributed by atoms with Gasteiger partial charge >= 0.3 is 0 Å². The number of benzene rings is 1. The molecule has 1 aromatic heterocycles. The lowest BCUT2D eigenvalue weighted by Gasteiger charge is -2.15. The number of hydrogen-bond donors (Lipinski definition) is 0. The second-order valence-electron chi connectivity index (χ2n) is 4.42. The average molecular weight is 486 g/mol. The fraction of sp³-hybridized carbons (Fsp3) is 0.286. The van der Waals surface area contributed by atoms with Crippen molar-refractivity contribution in [1.29, 1.82) is 0 Å². The highest BCUT2D eigenvalue weighted by Gasteiger charge is 2.20. The van der Waals surface area contributed by atoms with Crippen LogP contribution in [0.5, 0.6) is 11.5 Å². The molecule has 20 heavy (non-hydrogen) atoms. The van der Waals surface area contributed by atoms with E-state index in [4.69, 9.17) is 21.1 Å². The lowest BCUT2D eigenvalue weighted by Crippen LogP contribution is -1.98. The minimum atomic E-state index is -0.193. The summed E-state index contributed by atoms with van der Waals surface area (Å²) in [4.78, 5) is 0. The smallest absolute Gasteiger partial charge is 0.162 e. The van der Waals surface area contributed by atoms with E-state index in [1.807, 2.05) is 12.1 Å². The maximum absolute atomic E-state index is 6.61. The van der Waals surface area contributed by atoms with Gasteiger partial charge in [0.05, 0.1) is 21.5 Å². The number of alkyl halides is 1. The van der Waals surface area contributed by atoms with Gasteiger partial charge in [0.25, 0.3) is 0 Å². The molecule has 6 heteroatoms. The van der Waals surface area contributed by atoms with Crippen molar-refractivity contribution in [3.63, 3.8) is 0 Å². The SMILES string of the molecule is ClC(c1csc(I)c1)c1cc2c(cc1Br)OCCCO2. The van der Waals surface area contributed by atoms with Gasteiger partial charge in [-0.1, -0.05) is 15.9 Å². The third kappa shape index (κ3) is 3.10. The molecule has 106 valence electrons. The standard InChI is InChI=1S/C14H11BrClIO2S/c15-10-6-12-11(18-2-1-3-19-12)5-9(10)14(16)8-4-13(17)20-7-8/h4-7,14H,1-3H2. The maximum Gasteiger partial charge on any atom is 0.162 e. The van der Waals surface area contributed by atoms with E-state index in [2.05, 4.69) is 50.0 Å². The van der Waals surface area contributed by atoms with Gasteiger partial charge in [-0.25, -0.2) is 0 Å². The molecule has 0 saturated heterocycles. The zero-order valence-electron chi connectivity index (χ0n) is 10.4. The Morgan fingerprint density at radius 3 is 2.55 bits per heavy atom. The monoisotopic (exact) mass is 484 g/mol. The van der Waals surface area contributed by atoms with Crippen LogP contribution in [0.1, 0.15) is 22.9 Å². The molecule has 0 N–H and O–H groups in total. The molecule has 1 unspecified atom stereocenters. The van der Waals surface area contributed by atoms with Crippen molar-refractivity contribution in [3.05, 3.63) is 42.1 Å². The molecule has 0 radical (unpaired) electrons. The molecule has 0 bridgehead atoms. The van der Waals surface area contributed by atoms with Crippen LogP contribution in [0.4, 0.5) is 0 Å². The highest BCUT2D eigenvalue weighted by atomic mass is 127. The van der Waals surface area contributed by atoms with E-state index in [0.717, 1.165) is 33.5 Å². The molecular formula is C14H11BrClIO2S. The van der Waals surface area contributed by atoms with Crippen LogP contribution in [0.2, 0.25) is 0 Å². The first-order valence-electron chi connectivity index (χ1n) is 6.12. The van der Waals surface area contributed by atoms with Crippen LogP contribution in [0.15, 0.2) is 28.1 Å². The van der Waals surface area contributed by atoms with Crippen LogP contribution in [0, 0.1) is 2.88 Å². The van der Waals surface area contributed by atoms with Crippen molar-refractivity contribution in [3.8, 4) is 11.5 Å². The quantitative estimate of drug-likeness (QED) is 0.407. The predicted molar refractivity (Wildman–Crippen MR) is 94.5 cm³/mol. The molecule has 0 saturated carbocycles. The van der Waals surface area contributed by atoms with Crippen LogP contribution in [-0.2, 0) is 0 Å². The Kier molecular flexibility index (Phi) is 4.79. The van der Waals surface area contributed by atoms with Crippen LogP contribution in [0.3, 0.4) is 0 Å². The first kappa shape index (κ1) is 14.9. The van der Waals surface area contributed by atoms with Gasteiger partial charge in [0, 0.05) is 10.9 Å². The highest BCUT2D eigenvalue weighted by Crippen LogP contribution is 2.42. The van der Waals surface area contributed by atoms with Gasteiger partial charge in [0.15, 0.2) is 11.5 Å². The summed E-state index contributed by atoms with van der Waals surface area (Å²) < 4.78 is 13.6. The van der Waals surface area contributed by atoms with Gasteiger partial charge in [-0.15, -0.1) is 22.9 Å². The van der Waals surface area contributed by atoms with Gasteiger partial charge in [-0.3, -0.25) is 0 Å². The van der Waals surface area contributed by atoms with Gasteiger partial charge in [0.1, 0.15) is 0 Å². The lowest BCUT2D eigenvalue weighted by molar-refractivity contribution is 0.297. The fourth-order valence-electron chi connectivity index (χ4n) is 2.03. The summed E-state index contributed by atoms with van der Waals surface area (Å²) in [7, 11) is 0. The number of ether oxygens (including phenoxy) is 2. The van der Waals surface area contributed by atoms with Crippen molar-refractivity contribution < 1.29 is 9.47 Å². The van der Waals surface area contributed by atoms with Gasteiger partial charge in [-0.05, 0) is 57.3 Å². The Labute approximate surface area is 148 Å². The number of fused-ring (bicyclic) bond motifs is 1. The topological polar surface area (TPSA) is 18.5 Å². The number of hydrogen-bond acceptors (Lipinski definition) is 3. The van der Waals surface area contributed by atoms with E-state index in [-0.39, 0.29) is 5.38 Å². The van der Waals surface area contributed by atoms with Crippen molar-refractivity contribution in [2.75, 3.05) is 13.2 Å². The van der Waals surface area contributed by atoms with E-state index >= 15 is 0 Å². The summed E-state index contributed by atoms with van der Waals surface area (Å²) >= 11 is 14.2. The highest BCUT2D eigenvalue weighted by molar-refractivity contribution is 14.1. The molecule has 0 spiro atoms. The minimum absolute atomic E-state index is 0.193. The number of halogens is 3. The Morgan fingerprint density at radius 2 is 1.90 bits per heavy atom. The van der Waals surface area contributed by atoms with Gasteiger partial charge in [-0.2, -0.15) is 0 Å². The molecule has 2 aromatic rings. The van der Waals surface area contributed by atoms with E-state index in [1.165, 1.54) is 2.88 Å². The maximum atomic E-state index is 6.61. The molecule has 3 rings (SSSR count). The Morgan fingerprint density at radius 1 is 1.20 bits per heavy atom. The van der Waals surface area contributed by atoms with Crippen LogP contribution in [-0.4, -0.2) is 13.2 Å². The summed E-state index contributed by atoms with van der Waals surface area (Å²) in [6, 6.07) is 6.04. The Bertz CT molecular complexity index is 632. The van der Waals surface area contributed by atoms with E-state index in [0.29, 0.717) is 13.2 Å². The zero-order chi connectivity index (χ0) is 14.1. The molecular weight excluding hydrogens is 474 g/mol. The Hall–Kier alpha value is 0.0200. The molecule has 2 heterocycles.